The van der Waals surface area contributed by atoms with Gasteiger partial charge in [0, 0.05) is 87.2 Å². The maximum Gasteiger partial charge on any atom is 0.475 e. The van der Waals surface area contributed by atoms with E-state index in [1.165, 1.54) is 48.5 Å². The lowest BCUT2D eigenvalue weighted by Crippen LogP contribution is -2.54. The van der Waals surface area contributed by atoms with Gasteiger partial charge in [-0.2, -0.15) is 5.26 Å². The first-order valence-corrected chi connectivity index (χ1v) is 28.8. The number of benzene rings is 3. The molecular formula is C58H82BClN10O16. The number of non-ortho nitro benzene ring substituents is 2. The normalized spacial score (nSPS) is 17.1. The van der Waals surface area contributed by atoms with E-state index in [9.17, 15) is 64.3 Å². The summed E-state index contributed by atoms with van der Waals surface area (Å²) in [5, 5.41) is 57.4. The number of ether oxygens (including phenoxy) is 4. The Hall–Kier alpha value is -8.06. The molecule has 3 fully saturated rings. The Morgan fingerprint density at radius 3 is 1.58 bits per heavy atom. The Balaban J connectivity index is 0.000000318. The van der Waals surface area contributed by atoms with Gasteiger partial charge in [-0.15, -0.1) is 0 Å². The smallest absolute Gasteiger partial charge is 0.444 e. The molecule has 3 aliphatic rings. The lowest BCUT2D eigenvalue weighted by atomic mass is 9.76. The number of piperidine rings is 3. The number of carbonyl (C=O) groups excluding carboxylic acids is 6. The van der Waals surface area contributed by atoms with E-state index in [1.54, 1.807) is 20.8 Å². The van der Waals surface area contributed by atoms with Crippen LogP contribution in [0.5, 0.6) is 11.5 Å². The van der Waals surface area contributed by atoms with E-state index in [2.05, 4.69) is 20.7 Å². The zero-order valence-electron chi connectivity index (χ0n) is 50.1. The first-order valence-electron chi connectivity index (χ1n) is 28.4. The van der Waals surface area contributed by atoms with Crippen LogP contribution in [-0.4, -0.2) is 152 Å². The van der Waals surface area contributed by atoms with Crippen molar-refractivity contribution in [1.82, 2.24) is 30.7 Å². The van der Waals surface area contributed by atoms with Gasteiger partial charge in [0.2, 0.25) is 0 Å². The Bertz CT molecular complexity index is 2760. The standard InChI is InChI=1S/C22H31BN4O4.C18H25N3O6.C11H22N2O2.C7H4ClNO4/c1-16(2)12-18(14-24)21(28)27-11-7-6-10-19(27)15-25-22(29)26-20(23(30)31)13-17-8-4-3-5-9-17;1-18(2,3)27-17(23)20-11-5-4-6-14(20)12-19-16(22)26-15-9-7-13(8-10-15)21(24)25;1-11(2,3)15-10(14)13-7-5-4-6-9(13)8-12;8-7(10)13-6-3-1-5(2-4-6)9(11)12/h3-5,8-9,12,16,19-20,30-31H,6-7,10-11,13,15H2,1-2H3,(H2,25,26,29);7-10,14H,4-6,11-12H2,1-3H3,(H,19,22);9H,4-8,12H2,1-3H3;1-4H/t19-,20+;14-;9-;/m111./s1. The number of urea groups is 1. The molecule has 26 nitrogen and oxygen atoms in total. The molecule has 0 aromatic heterocycles. The monoisotopic (exact) mass is 1220 g/mol. The van der Waals surface area contributed by atoms with Crippen molar-refractivity contribution < 1.29 is 67.6 Å². The van der Waals surface area contributed by atoms with Crippen molar-refractivity contribution in [3.8, 4) is 17.6 Å². The number of nitrogens with zero attached hydrogens (tertiary/aromatic N) is 6. The van der Waals surface area contributed by atoms with Crippen molar-refractivity contribution in [3.05, 3.63) is 116 Å². The maximum absolute atomic E-state index is 12.8. The lowest BCUT2D eigenvalue weighted by molar-refractivity contribution is -0.385. The van der Waals surface area contributed by atoms with E-state index in [-0.39, 0.29) is 84.0 Å². The Morgan fingerprint density at radius 1 is 0.709 bits per heavy atom. The van der Waals surface area contributed by atoms with E-state index in [0.29, 0.717) is 19.6 Å². The van der Waals surface area contributed by atoms with E-state index >= 15 is 0 Å². The van der Waals surface area contributed by atoms with Gasteiger partial charge < -0.3 is 65.4 Å². The molecule has 3 saturated heterocycles. The van der Waals surface area contributed by atoms with Gasteiger partial charge in [-0.3, -0.25) is 25.0 Å². The average molecular weight is 1220 g/mol. The molecule has 28 heteroatoms. The highest BCUT2D eigenvalue weighted by Gasteiger charge is 2.33. The summed E-state index contributed by atoms with van der Waals surface area (Å²) >= 11 is 4.92. The second kappa shape index (κ2) is 36.1. The van der Waals surface area contributed by atoms with Crippen molar-refractivity contribution in [2.45, 2.75) is 155 Å². The fraction of sp³-hybridized carbons (Fsp3) is 0.534. The molecular weight excluding hydrogens is 1140 g/mol. The van der Waals surface area contributed by atoms with Gasteiger partial charge in [0.1, 0.15) is 34.3 Å². The highest BCUT2D eigenvalue weighted by molar-refractivity contribution is 6.61. The van der Waals surface area contributed by atoms with Gasteiger partial charge >= 0.3 is 36.9 Å². The lowest BCUT2D eigenvalue weighted by Gasteiger charge is -2.36. The topological polar surface area (TPSA) is 362 Å². The number of halogens is 1. The predicted molar refractivity (Wildman–Crippen MR) is 321 cm³/mol. The molecule has 4 atom stereocenters. The third-order valence-electron chi connectivity index (χ3n) is 13.0. The summed E-state index contributed by atoms with van der Waals surface area (Å²) in [5.74, 6) is -0.727. The Morgan fingerprint density at radius 2 is 1.15 bits per heavy atom. The molecule has 3 heterocycles. The maximum atomic E-state index is 12.8. The van der Waals surface area contributed by atoms with Crippen molar-refractivity contribution in [2.75, 3.05) is 39.3 Å². The highest BCUT2D eigenvalue weighted by Crippen LogP contribution is 2.24. The second-order valence-corrected chi connectivity index (χ2v) is 23.0. The number of amides is 6. The van der Waals surface area contributed by atoms with Crippen LogP contribution in [0.3, 0.4) is 0 Å². The van der Waals surface area contributed by atoms with Gasteiger partial charge in [0.15, 0.2) is 0 Å². The summed E-state index contributed by atoms with van der Waals surface area (Å²) in [5.41, 5.74) is 4.49. The van der Waals surface area contributed by atoms with Crippen LogP contribution in [0.1, 0.15) is 119 Å². The number of nitrogens with two attached hydrogens (primary N) is 1. The molecule has 3 aromatic rings. The SMILES string of the molecule is CC(C)(C)OC(=O)N1CCCC[C@@H]1CN.CC(C)(C)OC(=O)N1CCCC[C@@H]1CNC(=O)Oc1ccc([N+](=O)[O-])cc1.CC(C)C=C(C#N)C(=O)N1CCCC[C@@H]1CNC(=O)N[C@@H](Cc1ccccc1)B(O)O.O=C(Cl)Oc1ccc([N+](=O)[O-])cc1. The van der Waals surface area contributed by atoms with Crippen LogP contribution < -0.4 is 31.2 Å². The minimum absolute atomic E-state index is 0.0747. The van der Waals surface area contributed by atoms with E-state index in [1.807, 2.05) is 91.8 Å². The molecule has 86 heavy (non-hydrogen) atoms. The number of likely N-dealkylation sites (tertiary alicyclic amines) is 3. The number of nitrogens with one attached hydrogen (secondary N) is 3. The summed E-state index contributed by atoms with van der Waals surface area (Å²) in [6.45, 7) is 17.8. The summed E-state index contributed by atoms with van der Waals surface area (Å²) in [6.07, 6.45) is 8.95. The largest absolute Gasteiger partial charge is 0.475 e. The number of nitro benzene ring substituents is 2. The number of nitro groups is 2. The minimum atomic E-state index is -1.71. The first-order chi connectivity index (χ1) is 40.5. The van der Waals surface area contributed by atoms with Crippen LogP contribution in [-0.2, 0) is 20.7 Å². The van der Waals surface area contributed by atoms with Crippen molar-refractivity contribution in [2.24, 2.45) is 11.7 Å². The van der Waals surface area contributed by atoms with Crippen molar-refractivity contribution in [1.29, 1.82) is 5.26 Å². The summed E-state index contributed by atoms with van der Waals surface area (Å²) in [7, 11) is -1.71. The van der Waals surface area contributed by atoms with E-state index in [0.717, 1.165) is 69.9 Å². The molecule has 0 saturated carbocycles. The Kier molecular flexibility index (Phi) is 30.3. The predicted octanol–water partition coefficient (Wildman–Crippen LogP) is 8.94. The van der Waals surface area contributed by atoms with Gasteiger partial charge in [-0.05, 0) is 141 Å². The summed E-state index contributed by atoms with van der Waals surface area (Å²) in [4.78, 5) is 96.4. The van der Waals surface area contributed by atoms with Crippen LogP contribution in [0.25, 0.3) is 0 Å². The molecule has 7 N–H and O–H groups in total. The number of nitriles is 1. The molecule has 6 rings (SSSR count). The van der Waals surface area contributed by atoms with E-state index < -0.39 is 57.8 Å². The number of allylic oxidation sites excluding steroid dienone is 1. The minimum Gasteiger partial charge on any atom is -0.444 e. The highest BCUT2D eigenvalue weighted by atomic mass is 35.5. The number of hydrogen-bond acceptors (Lipinski definition) is 18. The first kappa shape index (κ1) is 72.2. The molecule has 0 unspecified atom stereocenters. The van der Waals surface area contributed by atoms with Crippen molar-refractivity contribution >= 4 is 65.7 Å². The summed E-state index contributed by atoms with van der Waals surface area (Å²) < 4.78 is 20.3. The van der Waals surface area contributed by atoms with Crippen molar-refractivity contribution in [3.63, 3.8) is 0 Å². The Labute approximate surface area is 507 Å². The van der Waals surface area contributed by atoms with Crippen LogP contribution in [0.4, 0.5) is 35.3 Å². The average Bonchev–Trinajstić information content (AvgIpc) is 2.78. The van der Waals surface area contributed by atoms with Crippen LogP contribution >= 0.6 is 11.6 Å². The molecule has 0 bridgehead atoms. The molecule has 0 spiro atoms. The third-order valence-corrected chi connectivity index (χ3v) is 13.1. The zero-order chi connectivity index (χ0) is 64.1. The van der Waals surface area contributed by atoms with Gasteiger partial charge in [0.25, 0.3) is 17.3 Å². The molecule has 0 aliphatic carbocycles. The number of hydrogen-bond donors (Lipinski definition) is 6. The van der Waals surface area contributed by atoms with Crippen LogP contribution in [0.2, 0.25) is 0 Å². The number of carbonyl (C=O) groups is 6. The fourth-order valence-electron chi connectivity index (χ4n) is 8.94. The van der Waals surface area contributed by atoms with Gasteiger partial charge in [0.05, 0.1) is 21.8 Å². The van der Waals surface area contributed by atoms with E-state index in [4.69, 9.17) is 31.5 Å². The van der Waals surface area contributed by atoms with Crippen LogP contribution in [0.15, 0.2) is 90.5 Å². The quantitative estimate of drug-likeness (QED) is 0.0206. The number of rotatable bonds is 15. The second-order valence-electron chi connectivity index (χ2n) is 22.6. The molecule has 470 valence electrons. The zero-order valence-corrected chi connectivity index (χ0v) is 50.9. The van der Waals surface area contributed by atoms with Gasteiger partial charge in [-0.25, -0.2) is 24.0 Å². The molecule has 3 aromatic carbocycles. The van der Waals surface area contributed by atoms with Crippen LogP contribution in [0, 0.1) is 37.5 Å². The van der Waals surface area contributed by atoms with Gasteiger partial charge in [-0.1, -0.05) is 50.3 Å². The molecule has 6 amide bonds. The third kappa shape index (κ3) is 27.3. The fourth-order valence-corrected chi connectivity index (χ4v) is 9.03. The molecule has 0 radical (unpaired) electrons. The summed E-state index contributed by atoms with van der Waals surface area (Å²) in [6, 6.07) is 20.7. The molecule has 3 aliphatic heterocycles.